The van der Waals surface area contributed by atoms with E-state index in [1.807, 2.05) is 6.92 Å². The molecule has 5 heteroatoms. The summed E-state index contributed by atoms with van der Waals surface area (Å²) in [4.78, 5) is 7.26. The van der Waals surface area contributed by atoms with Crippen LogP contribution in [0, 0.1) is 5.41 Å². The highest BCUT2D eigenvalue weighted by atomic mass is 127. The highest BCUT2D eigenvalue weighted by Gasteiger charge is 2.30. The maximum Gasteiger partial charge on any atom is 0.194 e. The summed E-state index contributed by atoms with van der Waals surface area (Å²) in [5.41, 5.74) is 2.86. The molecular formula is C19H32IN3O. The molecule has 1 aromatic rings. The zero-order chi connectivity index (χ0) is 16.7. The van der Waals surface area contributed by atoms with Crippen LogP contribution in [0.1, 0.15) is 45.2 Å². The molecule has 0 saturated carbocycles. The Kier molecular flexibility index (Phi) is 9.05. The molecule has 4 nitrogen and oxygen atoms in total. The third kappa shape index (κ3) is 6.24. The van der Waals surface area contributed by atoms with Gasteiger partial charge in [0, 0.05) is 26.2 Å². The Balaban J connectivity index is 0.00000288. The van der Waals surface area contributed by atoms with Gasteiger partial charge in [-0.05, 0) is 36.8 Å². The monoisotopic (exact) mass is 445 g/mol. The van der Waals surface area contributed by atoms with Crippen LogP contribution in [-0.2, 0) is 17.9 Å². The van der Waals surface area contributed by atoms with Gasteiger partial charge in [0.1, 0.15) is 0 Å². The van der Waals surface area contributed by atoms with E-state index in [0.29, 0.717) is 18.6 Å². The van der Waals surface area contributed by atoms with Gasteiger partial charge in [-0.3, -0.25) is 0 Å². The van der Waals surface area contributed by atoms with Crippen molar-refractivity contribution in [2.45, 2.75) is 47.3 Å². The number of rotatable bonds is 6. The van der Waals surface area contributed by atoms with Gasteiger partial charge < -0.3 is 15.0 Å². The first-order valence-corrected chi connectivity index (χ1v) is 8.73. The van der Waals surface area contributed by atoms with Crippen LogP contribution < -0.4 is 5.32 Å². The quantitative estimate of drug-likeness (QED) is 0.408. The Labute approximate surface area is 164 Å². The van der Waals surface area contributed by atoms with Gasteiger partial charge in [0.05, 0.1) is 13.2 Å². The molecule has 1 aliphatic rings. The number of nitrogens with one attached hydrogen (secondary N) is 1. The standard InChI is InChI=1S/C19H31N3O.HI/c1-5-20-18(22-12-11-19(3,4)15-22)21-13-16-9-7-8-10-17(16)14-23-6-2;/h7-10H,5-6,11-15H2,1-4H3,(H,20,21);1H. The number of aliphatic imine (C=N–C) groups is 1. The van der Waals surface area contributed by atoms with Gasteiger partial charge in [0.2, 0.25) is 0 Å². The van der Waals surface area contributed by atoms with E-state index in [4.69, 9.17) is 9.73 Å². The molecule has 0 aliphatic carbocycles. The van der Waals surface area contributed by atoms with Crippen molar-refractivity contribution in [3.05, 3.63) is 35.4 Å². The molecule has 0 amide bonds. The van der Waals surface area contributed by atoms with Crippen molar-refractivity contribution >= 4 is 29.9 Å². The summed E-state index contributed by atoms with van der Waals surface area (Å²) >= 11 is 0. The molecule has 1 aliphatic heterocycles. The van der Waals surface area contributed by atoms with Crippen molar-refractivity contribution < 1.29 is 4.74 Å². The molecule has 1 fully saturated rings. The SMILES string of the molecule is CCNC(=NCc1ccccc1COCC)N1CCC(C)(C)C1.I. The van der Waals surface area contributed by atoms with Crippen LogP contribution in [0.5, 0.6) is 0 Å². The smallest absolute Gasteiger partial charge is 0.194 e. The molecule has 2 rings (SSSR count). The summed E-state index contributed by atoms with van der Waals surface area (Å²) in [5.74, 6) is 1.03. The van der Waals surface area contributed by atoms with Gasteiger partial charge >= 0.3 is 0 Å². The van der Waals surface area contributed by atoms with E-state index in [9.17, 15) is 0 Å². The number of guanidine groups is 1. The van der Waals surface area contributed by atoms with E-state index in [1.165, 1.54) is 17.5 Å². The molecule has 0 spiro atoms. The normalized spacial score (nSPS) is 16.8. The van der Waals surface area contributed by atoms with Gasteiger partial charge in [-0.25, -0.2) is 4.99 Å². The van der Waals surface area contributed by atoms with E-state index in [0.717, 1.165) is 32.2 Å². The number of ether oxygens (including phenoxy) is 1. The Morgan fingerprint density at radius 3 is 2.54 bits per heavy atom. The Bertz CT molecular complexity index is 531. The summed E-state index contributed by atoms with van der Waals surface area (Å²) < 4.78 is 5.57. The van der Waals surface area contributed by atoms with Crippen LogP contribution >= 0.6 is 24.0 Å². The zero-order valence-electron chi connectivity index (χ0n) is 15.5. The molecule has 136 valence electrons. The lowest BCUT2D eigenvalue weighted by atomic mass is 9.93. The summed E-state index contributed by atoms with van der Waals surface area (Å²) in [6, 6.07) is 8.42. The zero-order valence-corrected chi connectivity index (χ0v) is 17.8. The molecule has 0 atom stereocenters. The third-order valence-corrected chi connectivity index (χ3v) is 4.29. The summed E-state index contributed by atoms with van der Waals surface area (Å²) in [6.07, 6.45) is 1.22. The van der Waals surface area contributed by atoms with Crippen LogP contribution in [0.3, 0.4) is 0 Å². The number of likely N-dealkylation sites (tertiary alicyclic amines) is 1. The summed E-state index contributed by atoms with van der Waals surface area (Å²) in [6.45, 7) is 14.0. The van der Waals surface area contributed by atoms with Crippen molar-refractivity contribution in [2.75, 3.05) is 26.2 Å². The first-order chi connectivity index (χ1) is 11.1. The number of halogens is 1. The first-order valence-electron chi connectivity index (χ1n) is 8.73. The highest BCUT2D eigenvalue weighted by Crippen LogP contribution is 2.28. The molecule has 1 heterocycles. The third-order valence-electron chi connectivity index (χ3n) is 4.29. The van der Waals surface area contributed by atoms with Crippen LogP contribution in [0.25, 0.3) is 0 Å². The van der Waals surface area contributed by atoms with Crippen molar-refractivity contribution in [2.24, 2.45) is 10.4 Å². The lowest BCUT2D eigenvalue weighted by Crippen LogP contribution is -2.40. The van der Waals surface area contributed by atoms with Crippen molar-refractivity contribution in [1.29, 1.82) is 0 Å². The minimum atomic E-state index is 0. The largest absolute Gasteiger partial charge is 0.377 e. The second kappa shape index (κ2) is 10.2. The van der Waals surface area contributed by atoms with E-state index >= 15 is 0 Å². The Morgan fingerprint density at radius 1 is 1.25 bits per heavy atom. The molecule has 24 heavy (non-hydrogen) atoms. The number of nitrogens with zero attached hydrogens (tertiary/aromatic N) is 2. The molecular weight excluding hydrogens is 413 g/mol. The molecule has 0 aromatic heterocycles. The molecule has 0 unspecified atom stereocenters. The fourth-order valence-electron chi connectivity index (χ4n) is 2.94. The number of benzene rings is 1. The molecule has 1 aromatic carbocycles. The topological polar surface area (TPSA) is 36.9 Å². The summed E-state index contributed by atoms with van der Waals surface area (Å²) in [5, 5.41) is 3.44. The second-order valence-electron chi connectivity index (χ2n) is 6.91. The minimum Gasteiger partial charge on any atom is -0.377 e. The van der Waals surface area contributed by atoms with Gasteiger partial charge in [0.25, 0.3) is 0 Å². The highest BCUT2D eigenvalue weighted by molar-refractivity contribution is 14.0. The number of hydrogen-bond acceptors (Lipinski definition) is 2. The van der Waals surface area contributed by atoms with Gasteiger partial charge in [-0.1, -0.05) is 38.1 Å². The van der Waals surface area contributed by atoms with E-state index in [2.05, 4.69) is 55.3 Å². The average Bonchev–Trinajstić information content (AvgIpc) is 2.90. The van der Waals surface area contributed by atoms with E-state index < -0.39 is 0 Å². The lowest BCUT2D eigenvalue weighted by Gasteiger charge is -2.23. The number of hydrogen-bond donors (Lipinski definition) is 1. The van der Waals surface area contributed by atoms with Crippen molar-refractivity contribution in [1.82, 2.24) is 10.2 Å². The Hall–Kier alpha value is -0.820. The van der Waals surface area contributed by atoms with Gasteiger partial charge in [-0.15, -0.1) is 24.0 Å². The predicted molar refractivity (Wildman–Crippen MR) is 112 cm³/mol. The van der Waals surface area contributed by atoms with Crippen LogP contribution in [-0.4, -0.2) is 37.1 Å². The Morgan fingerprint density at radius 2 is 1.96 bits per heavy atom. The van der Waals surface area contributed by atoms with Gasteiger partial charge in [-0.2, -0.15) is 0 Å². The second-order valence-corrected chi connectivity index (χ2v) is 6.91. The first kappa shape index (κ1) is 21.2. The molecule has 0 bridgehead atoms. The van der Waals surface area contributed by atoms with Crippen LogP contribution in [0.4, 0.5) is 0 Å². The van der Waals surface area contributed by atoms with Crippen LogP contribution in [0.2, 0.25) is 0 Å². The molecule has 0 radical (unpaired) electrons. The lowest BCUT2D eigenvalue weighted by molar-refractivity contribution is 0.133. The molecule has 1 saturated heterocycles. The fourth-order valence-corrected chi connectivity index (χ4v) is 2.94. The minimum absolute atomic E-state index is 0. The van der Waals surface area contributed by atoms with Gasteiger partial charge in [0.15, 0.2) is 5.96 Å². The van der Waals surface area contributed by atoms with Crippen LogP contribution in [0.15, 0.2) is 29.3 Å². The molecule has 1 N–H and O–H groups in total. The predicted octanol–water partition coefficient (Wildman–Crippen LogP) is 4.04. The van der Waals surface area contributed by atoms with Crippen molar-refractivity contribution in [3.8, 4) is 0 Å². The van der Waals surface area contributed by atoms with E-state index in [1.54, 1.807) is 0 Å². The fraction of sp³-hybridized carbons (Fsp3) is 0.632. The summed E-state index contributed by atoms with van der Waals surface area (Å²) in [7, 11) is 0. The van der Waals surface area contributed by atoms with Crippen molar-refractivity contribution in [3.63, 3.8) is 0 Å². The average molecular weight is 445 g/mol. The van der Waals surface area contributed by atoms with E-state index in [-0.39, 0.29) is 24.0 Å². The maximum absolute atomic E-state index is 5.57. The maximum atomic E-state index is 5.57.